The van der Waals surface area contributed by atoms with E-state index in [1.165, 1.54) is 6.07 Å². The molecule has 1 aromatic carbocycles. The molecule has 0 saturated carbocycles. The zero-order chi connectivity index (χ0) is 9.84. The third kappa shape index (κ3) is 2.84. The van der Waals surface area contributed by atoms with Crippen LogP contribution in [0.3, 0.4) is 0 Å². The lowest BCUT2D eigenvalue weighted by atomic mass is 10.2. The van der Waals surface area contributed by atoms with Gasteiger partial charge in [0.15, 0.2) is 0 Å². The van der Waals surface area contributed by atoms with Crippen LogP contribution < -0.4 is 5.32 Å². The number of halogens is 2. The van der Waals surface area contributed by atoms with Gasteiger partial charge in [-0.3, -0.25) is 0 Å². The van der Waals surface area contributed by atoms with Crippen molar-refractivity contribution in [2.45, 2.75) is 6.92 Å². The van der Waals surface area contributed by atoms with E-state index in [2.05, 4.69) is 27.8 Å². The van der Waals surface area contributed by atoms with Gasteiger partial charge in [0.05, 0.1) is 5.69 Å². The lowest BCUT2D eigenvalue weighted by molar-refractivity contribution is 0.630. The average Bonchev–Trinajstić information content (AvgIpc) is 2.03. The lowest BCUT2D eigenvalue weighted by Crippen LogP contribution is -2.04. The third-order valence-electron chi connectivity index (χ3n) is 1.68. The molecule has 0 amide bonds. The predicted octanol–water partition coefficient (Wildman–Crippen LogP) is 3.45. The molecule has 0 unspecified atom stereocenters. The Morgan fingerprint density at radius 3 is 2.85 bits per heavy atom. The van der Waals surface area contributed by atoms with E-state index in [1.807, 2.05) is 13.0 Å². The van der Waals surface area contributed by atoms with Gasteiger partial charge in [0.25, 0.3) is 0 Å². The van der Waals surface area contributed by atoms with E-state index >= 15 is 0 Å². The molecule has 1 nitrogen and oxygen atoms in total. The Balaban J connectivity index is 2.81. The van der Waals surface area contributed by atoms with Crippen LogP contribution in [0.15, 0.2) is 29.3 Å². The quantitative estimate of drug-likeness (QED) is 0.858. The summed E-state index contributed by atoms with van der Waals surface area (Å²) in [5.74, 6) is -0.228. The summed E-state index contributed by atoms with van der Waals surface area (Å²) in [6.45, 7) is 6.05. The molecule has 3 heteroatoms. The molecule has 0 spiro atoms. The van der Waals surface area contributed by atoms with Crippen molar-refractivity contribution in [3.63, 3.8) is 0 Å². The Morgan fingerprint density at radius 2 is 2.31 bits per heavy atom. The number of para-hydroxylation sites is 1. The molecular weight excluding hydrogens is 233 g/mol. The van der Waals surface area contributed by atoms with Gasteiger partial charge in [-0.15, -0.1) is 0 Å². The highest BCUT2D eigenvalue weighted by Crippen LogP contribution is 2.19. The summed E-state index contributed by atoms with van der Waals surface area (Å²) in [4.78, 5) is 0. The van der Waals surface area contributed by atoms with Crippen molar-refractivity contribution in [1.82, 2.24) is 0 Å². The van der Waals surface area contributed by atoms with E-state index < -0.39 is 0 Å². The molecule has 0 aliphatic carbocycles. The molecule has 0 heterocycles. The predicted molar refractivity (Wildman–Crippen MR) is 57.7 cm³/mol. The molecule has 0 radical (unpaired) electrons. The van der Waals surface area contributed by atoms with Crippen molar-refractivity contribution in [3.05, 3.63) is 40.6 Å². The molecule has 0 aliphatic rings. The summed E-state index contributed by atoms with van der Waals surface area (Å²) in [6.07, 6.45) is 0. The number of hydrogen-bond donors (Lipinski definition) is 1. The topological polar surface area (TPSA) is 12.0 Å². The first-order chi connectivity index (χ1) is 6.11. The van der Waals surface area contributed by atoms with Crippen molar-refractivity contribution in [3.8, 4) is 0 Å². The van der Waals surface area contributed by atoms with Gasteiger partial charge in [-0.1, -0.05) is 34.6 Å². The van der Waals surface area contributed by atoms with Crippen LogP contribution in [0.4, 0.5) is 10.1 Å². The number of nitrogens with one attached hydrogen (secondary N) is 1. The van der Waals surface area contributed by atoms with Crippen LogP contribution in [0, 0.1) is 12.7 Å². The van der Waals surface area contributed by atoms with Crippen molar-refractivity contribution in [2.24, 2.45) is 0 Å². The summed E-state index contributed by atoms with van der Waals surface area (Å²) in [5, 5.41) is 2.96. The largest absolute Gasteiger partial charge is 0.378 e. The maximum absolute atomic E-state index is 13.2. The van der Waals surface area contributed by atoms with Gasteiger partial charge >= 0.3 is 0 Å². The summed E-state index contributed by atoms with van der Waals surface area (Å²) in [5.41, 5.74) is 1.44. The molecule has 0 bridgehead atoms. The van der Waals surface area contributed by atoms with Gasteiger partial charge in [0.1, 0.15) is 5.82 Å². The van der Waals surface area contributed by atoms with E-state index in [0.29, 0.717) is 12.2 Å². The first-order valence-electron chi connectivity index (χ1n) is 3.93. The van der Waals surface area contributed by atoms with E-state index in [1.54, 1.807) is 6.07 Å². The van der Waals surface area contributed by atoms with Crippen LogP contribution in [0.5, 0.6) is 0 Å². The molecule has 0 fully saturated rings. The Kier molecular flexibility index (Phi) is 3.48. The second-order valence-corrected chi connectivity index (χ2v) is 3.92. The van der Waals surface area contributed by atoms with Crippen molar-refractivity contribution < 1.29 is 4.39 Å². The number of rotatable bonds is 3. The van der Waals surface area contributed by atoms with Gasteiger partial charge in [0.2, 0.25) is 0 Å². The van der Waals surface area contributed by atoms with E-state index in [9.17, 15) is 4.39 Å². The SMILES string of the molecule is C=C(Br)CNc1c(C)cccc1F. The second-order valence-electron chi connectivity index (χ2n) is 2.80. The zero-order valence-electron chi connectivity index (χ0n) is 7.40. The van der Waals surface area contributed by atoms with E-state index in [-0.39, 0.29) is 5.82 Å². The van der Waals surface area contributed by atoms with Gasteiger partial charge < -0.3 is 5.32 Å². The fourth-order valence-electron chi connectivity index (χ4n) is 1.04. The first kappa shape index (κ1) is 10.3. The van der Waals surface area contributed by atoms with Crippen molar-refractivity contribution >= 4 is 21.6 Å². The average molecular weight is 244 g/mol. The minimum atomic E-state index is -0.228. The fourth-order valence-corrected chi connectivity index (χ4v) is 1.18. The summed E-state index contributed by atoms with van der Waals surface area (Å²) in [7, 11) is 0. The first-order valence-corrected chi connectivity index (χ1v) is 4.73. The van der Waals surface area contributed by atoms with Crippen LogP contribution in [0.2, 0.25) is 0 Å². The van der Waals surface area contributed by atoms with Gasteiger partial charge in [-0.25, -0.2) is 4.39 Å². The molecule has 1 rings (SSSR count). The molecular formula is C10H11BrFN. The molecule has 13 heavy (non-hydrogen) atoms. The molecule has 0 aliphatic heterocycles. The summed E-state index contributed by atoms with van der Waals surface area (Å²) >= 11 is 3.20. The van der Waals surface area contributed by atoms with Crippen LogP contribution in [0.25, 0.3) is 0 Å². The standard InChI is InChI=1S/C10H11BrFN/c1-7-4-3-5-9(12)10(7)13-6-8(2)11/h3-5,13H,2,6H2,1H3. The molecule has 0 saturated heterocycles. The highest BCUT2D eigenvalue weighted by molar-refractivity contribution is 9.11. The van der Waals surface area contributed by atoms with Crippen LogP contribution in [0.1, 0.15) is 5.56 Å². The van der Waals surface area contributed by atoms with Crippen LogP contribution in [-0.4, -0.2) is 6.54 Å². The molecule has 0 atom stereocenters. The van der Waals surface area contributed by atoms with Crippen LogP contribution in [-0.2, 0) is 0 Å². The van der Waals surface area contributed by atoms with E-state index in [0.717, 1.165) is 10.0 Å². The maximum Gasteiger partial charge on any atom is 0.146 e. The second kappa shape index (κ2) is 4.42. The van der Waals surface area contributed by atoms with Gasteiger partial charge in [0, 0.05) is 11.0 Å². The monoisotopic (exact) mass is 243 g/mol. The van der Waals surface area contributed by atoms with Gasteiger partial charge in [-0.05, 0) is 18.6 Å². The number of aryl methyl sites for hydroxylation is 1. The number of hydrogen-bond acceptors (Lipinski definition) is 1. The molecule has 70 valence electrons. The Bertz CT molecular complexity index is 302. The van der Waals surface area contributed by atoms with Gasteiger partial charge in [-0.2, -0.15) is 0 Å². The van der Waals surface area contributed by atoms with Crippen molar-refractivity contribution in [2.75, 3.05) is 11.9 Å². The van der Waals surface area contributed by atoms with Crippen molar-refractivity contribution in [1.29, 1.82) is 0 Å². The fraction of sp³-hybridized carbons (Fsp3) is 0.200. The summed E-state index contributed by atoms with van der Waals surface area (Å²) in [6, 6.07) is 4.99. The highest BCUT2D eigenvalue weighted by atomic mass is 79.9. The Morgan fingerprint density at radius 1 is 1.62 bits per heavy atom. The third-order valence-corrected chi connectivity index (χ3v) is 1.96. The maximum atomic E-state index is 13.2. The molecule has 0 aromatic heterocycles. The Labute approximate surface area is 85.8 Å². The number of anilines is 1. The Hall–Kier alpha value is -0.830. The van der Waals surface area contributed by atoms with Crippen LogP contribution >= 0.6 is 15.9 Å². The minimum Gasteiger partial charge on any atom is -0.378 e. The molecule has 1 N–H and O–H groups in total. The minimum absolute atomic E-state index is 0.228. The zero-order valence-corrected chi connectivity index (χ0v) is 8.99. The highest BCUT2D eigenvalue weighted by Gasteiger charge is 2.03. The number of benzene rings is 1. The molecule has 1 aromatic rings. The smallest absolute Gasteiger partial charge is 0.146 e. The summed E-state index contributed by atoms with van der Waals surface area (Å²) < 4.78 is 14.0. The lowest BCUT2D eigenvalue weighted by Gasteiger charge is -2.09. The van der Waals surface area contributed by atoms with E-state index in [4.69, 9.17) is 0 Å². The normalized spacial score (nSPS) is 9.77.